The van der Waals surface area contributed by atoms with Crippen molar-refractivity contribution < 1.29 is 4.79 Å². The highest BCUT2D eigenvalue weighted by molar-refractivity contribution is 5.92. The van der Waals surface area contributed by atoms with E-state index in [1.807, 2.05) is 6.92 Å². The highest BCUT2D eigenvalue weighted by atomic mass is 16.2. The first-order valence-corrected chi connectivity index (χ1v) is 8.51. The van der Waals surface area contributed by atoms with E-state index in [1.54, 1.807) is 21.7 Å². The summed E-state index contributed by atoms with van der Waals surface area (Å²) >= 11 is 0. The van der Waals surface area contributed by atoms with Gasteiger partial charge in [0, 0.05) is 30.8 Å². The number of hydrogen-bond acceptors (Lipinski definition) is 4. The Bertz CT molecular complexity index is 832. The van der Waals surface area contributed by atoms with Gasteiger partial charge < -0.3 is 4.90 Å². The molecule has 0 saturated carbocycles. The van der Waals surface area contributed by atoms with Gasteiger partial charge in [-0.15, -0.1) is 0 Å². The number of rotatable bonds is 3. The van der Waals surface area contributed by atoms with Crippen LogP contribution in [0.3, 0.4) is 0 Å². The highest BCUT2D eigenvalue weighted by Gasteiger charge is 2.33. The smallest absolute Gasteiger partial charge is 0.274 e. The summed E-state index contributed by atoms with van der Waals surface area (Å²) in [6.07, 6.45) is 4.22. The molecule has 2 aromatic heterocycles. The maximum atomic E-state index is 12.3. The van der Waals surface area contributed by atoms with Crippen molar-refractivity contribution in [2.24, 2.45) is 5.92 Å². The van der Waals surface area contributed by atoms with E-state index in [0.29, 0.717) is 25.3 Å². The summed E-state index contributed by atoms with van der Waals surface area (Å²) in [4.78, 5) is 26.2. The van der Waals surface area contributed by atoms with E-state index in [2.05, 4.69) is 15.3 Å². The van der Waals surface area contributed by atoms with Gasteiger partial charge in [-0.3, -0.25) is 14.7 Å². The third kappa shape index (κ3) is 2.74. The Morgan fingerprint density at radius 1 is 1.29 bits per heavy atom. The molecule has 3 heterocycles. The van der Waals surface area contributed by atoms with Crippen LogP contribution in [0.1, 0.15) is 40.3 Å². The van der Waals surface area contributed by atoms with Crippen LogP contribution in [0.2, 0.25) is 0 Å². The van der Waals surface area contributed by atoms with Gasteiger partial charge in [0.05, 0.1) is 12.2 Å². The average Bonchev–Trinajstić information content (AvgIpc) is 2.96. The summed E-state index contributed by atoms with van der Waals surface area (Å²) in [5, 5.41) is 11.3. The zero-order chi connectivity index (χ0) is 16.7. The molecule has 126 valence electrons. The van der Waals surface area contributed by atoms with Crippen molar-refractivity contribution >= 4 is 5.91 Å². The molecule has 7 nitrogen and oxygen atoms in total. The topological polar surface area (TPSA) is 83.9 Å². The molecule has 0 spiro atoms. The standard InChI is InChI=1S/C17H21N5O2/c1-11-6-15(19-18-11)17(24)21-8-12(9-21)10-22-16(23)7-13-4-2-3-5-14(13)20-22/h6-7,12H,2-5,8-10H2,1H3,(H,18,19). The van der Waals surface area contributed by atoms with Gasteiger partial charge in [0.2, 0.25) is 0 Å². The van der Waals surface area contributed by atoms with Crippen LogP contribution in [-0.4, -0.2) is 43.9 Å². The van der Waals surface area contributed by atoms with E-state index in [1.165, 1.54) is 0 Å². The number of aromatic amines is 1. The van der Waals surface area contributed by atoms with Crippen molar-refractivity contribution in [1.29, 1.82) is 0 Å². The molecular formula is C17H21N5O2. The molecule has 1 amide bonds. The first-order valence-electron chi connectivity index (χ1n) is 8.51. The van der Waals surface area contributed by atoms with E-state index in [0.717, 1.165) is 42.6 Å². The maximum Gasteiger partial charge on any atom is 0.274 e. The second-order valence-electron chi connectivity index (χ2n) is 6.86. The lowest BCUT2D eigenvalue weighted by atomic mass is 9.96. The molecule has 0 aromatic carbocycles. The van der Waals surface area contributed by atoms with Crippen molar-refractivity contribution in [2.75, 3.05) is 13.1 Å². The van der Waals surface area contributed by atoms with E-state index < -0.39 is 0 Å². The SMILES string of the molecule is Cc1cc(C(=O)N2CC(Cn3nc4c(cc3=O)CCCC4)C2)n[nH]1. The lowest BCUT2D eigenvalue weighted by Gasteiger charge is -2.38. The van der Waals surface area contributed by atoms with Crippen LogP contribution in [0.5, 0.6) is 0 Å². The van der Waals surface area contributed by atoms with Crippen molar-refractivity contribution in [3.05, 3.63) is 45.1 Å². The van der Waals surface area contributed by atoms with E-state index in [4.69, 9.17) is 0 Å². The van der Waals surface area contributed by atoms with E-state index >= 15 is 0 Å². The minimum absolute atomic E-state index is 0.0247. The Morgan fingerprint density at radius 3 is 2.83 bits per heavy atom. The van der Waals surface area contributed by atoms with Gasteiger partial charge in [0.1, 0.15) is 5.69 Å². The Labute approximate surface area is 139 Å². The van der Waals surface area contributed by atoms with Crippen molar-refractivity contribution in [3.63, 3.8) is 0 Å². The van der Waals surface area contributed by atoms with Crippen molar-refractivity contribution in [2.45, 2.75) is 39.2 Å². The summed E-state index contributed by atoms with van der Waals surface area (Å²) in [7, 11) is 0. The van der Waals surface area contributed by atoms with Crippen LogP contribution >= 0.6 is 0 Å². The molecule has 0 atom stereocenters. The molecule has 4 rings (SSSR count). The van der Waals surface area contributed by atoms with Crippen LogP contribution in [0.25, 0.3) is 0 Å². The number of amides is 1. The van der Waals surface area contributed by atoms with Gasteiger partial charge in [-0.25, -0.2) is 4.68 Å². The molecule has 1 saturated heterocycles. The molecule has 1 aliphatic heterocycles. The fourth-order valence-corrected chi connectivity index (χ4v) is 3.52. The number of carbonyl (C=O) groups is 1. The molecule has 0 bridgehead atoms. The maximum absolute atomic E-state index is 12.3. The summed E-state index contributed by atoms with van der Waals surface area (Å²) in [5.74, 6) is 0.224. The Balaban J connectivity index is 1.40. The molecule has 2 aromatic rings. The van der Waals surface area contributed by atoms with Gasteiger partial charge >= 0.3 is 0 Å². The monoisotopic (exact) mass is 327 g/mol. The molecule has 1 fully saturated rings. The third-order valence-corrected chi connectivity index (χ3v) is 4.87. The molecule has 24 heavy (non-hydrogen) atoms. The lowest BCUT2D eigenvalue weighted by Crippen LogP contribution is -2.52. The number of likely N-dealkylation sites (tertiary alicyclic amines) is 1. The number of aromatic nitrogens is 4. The van der Waals surface area contributed by atoms with Crippen LogP contribution < -0.4 is 5.56 Å². The quantitative estimate of drug-likeness (QED) is 0.909. The summed E-state index contributed by atoms with van der Waals surface area (Å²) in [5.41, 5.74) is 3.49. The minimum atomic E-state index is -0.0543. The number of H-pyrrole nitrogens is 1. The second kappa shape index (κ2) is 5.89. The fraction of sp³-hybridized carbons (Fsp3) is 0.529. The predicted octanol–water partition coefficient (Wildman–Crippen LogP) is 0.926. The average molecular weight is 327 g/mol. The summed E-state index contributed by atoms with van der Waals surface area (Å²) < 4.78 is 1.58. The number of fused-ring (bicyclic) bond motifs is 1. The third-order valence-electron chi connectivity index (χ3n) is 4.87. The molecule has 1 aliphatic carbocycles. The number of hydrogen-bond donors (Lipinski definition) is 1. The predicted molar refractivity (Wildman–Crippen MR) is 87.9 cm³/mol. The van der Waals surface area contributed by atoms with Crippen LogP contribution in [0, 0.1) is 12.8 Å². The van der Waals surface area contributed by atoms with Crippen LogP contribution in [0.15, 0.2) is 16.9 Å². The lowest BCUT2D eigenvalue weighted by molar-refractivity contribution is 0.0452. The zero-order valence-electron chi connectivity index (χ0n) is 13.8. The number of carbonyl (C=O) groups excluding carboxylic acids is 1. The Hall–Kier alpha value is -2.44. The van der Waals surface area contributed by atoms with Crippen LogP contribution in [-0.2, 0) is 19.4 Å². The van der Waals surface area contributed by atoms with E-state index in [-0.39, 0.29) is 17.4 Å². The van der Waals surface area contributed by atoms with Crippen molar-refractivity contribution in [1.82, 2.24) is 24.9 Å². The number of aryl methyl sites for hydroxylation is 3. The molecule has 0 unspecified atom stereocenters. The molecular weight excluding hydrogens is 306 g/mol. The zero-order valence-corrected chi connectivity index (χ0v) is 13.8. The summed E-state index contributed by atoms with van der Waals surface area (Å²) in [6.45, 7) is 3.75. The first kappa shape index (κ1) is 15.1. The van der Waals surface area contributed by atoms with Gasteiger partial charge in [0.15, 0.2) is 0 Å². The largest absolute Gasteiger partial charge is 0.336 e. The van der Waals surface area contributed by atoms with Gasteiger partial charge in [0.25, 0.3) is 11.5 Å². The van der Waals surface area contributed by atoms with Crippen molar-refractivity contribution in [3.8, 4) is 0 Å². The first-order chi connectivity index (χ1) is 11.6. The van der Waals surface area contributed by atoms with Gasteiger partial charge in [-0.05, 0) is 44.2 Å². The minimum Gasteiger partial charge on any atom is -0.336 e. The Morgan fingerprint density at radius 2 is 2.08 bits per heavy atom. The second-order valence-corrected chi connectivity index (χ2v) is 6.86. The summed E-state index contributed by atoms with van der Waals surface area (Å²) in [6, 6.07) is 3.50. The Kier molecular flexibility index (Phi) is 3.70. The molecule has 7 heteroatoms. The normalized spacial score (nSPS) is 17.5. The molecule has 0 radical (unpaired) electrons. The molecule has 1 N–H and O–H groups in total. The van der Waals surface area contributed by atoms with Gasteiger partial charge in [-0.1, -0.05) is 0 Å². The number of nitrogens with one attached hydrogen (secondary N) is 1. The van der Waals surface area contributed by atoms with E-state index in [9.17, 15) is 9.59 Å². The van der Waals surface area contributed by atoms with Crippen LogP contribution in [0.4, 0.5) is 0 Å². The molecule has 2 aliphatic rings. The van der Waals surface area contributed by atoms with Gasteiger partial charge in [-0.2, -0.15) is 10.2 Å². The highest BCUT2D eigenvalue weighted by Crippen LogP contribution is 2.21. The fourth-order valence-electron chi connectivity index (χ4n) is 3.52. The number of nitrogens with zero attached hydrogens (tertiary/aromatic N) is 4.